The Balaban J connectivity index is 3.02. The summed E-state index contributed by atoms with van der Waals surface area (Å²) in [6, 6.07) is -12.6. The van der Waals surface area contributed by atoms with Crippen molar-refractivity contribution < 1.29 is 97.3 Å². The molecule has 598 valence electrons. The fraction of sp³-hybridized carbons (Fsp3) is 0.691. The van der Waals surface area contributed by atoms with Gasteiger partial charge in [-0.1, -0.05) is 67.5 Å². The van der Waals surface area contributed by atoms with Crippen LogP contribution in [0.5, 0.6) is 5.75 Å². The van der Waals surface area contributed by atoms with Gasteiger partial charge in [0.1, 0.15) is 78.4 Å². The van der Waals surface area contributed by atoms with E-state index in [1.54, 1.807) is 20.8 Å². The van der Waals surface area contributed by atoms with Gasteiger partial charge in [0, 0.05) is 46.6 Å². The van der Waals surface area contributed by atoms with E-state index in [0.717, 1.165) is 37.6 Å². The summed E-state index contributed by atoms with van der Waals surface area (Å²) in [4.78, 5) is 196. The maximum absolute atomic E-state index is 15.1. The number of carbonyl (C=O) groups excluding carboxylic acids is 13. The zero-order valence-electron chi connectivity index (χ0n) is 63.2. The predicted molar refractivity (Wildman–Crippen MR) is 386 cm³/mol. The van der Waals surface area contributed by atoms with E-state index < -0.39 is 204 Å². The van der Waals surface area contributed by atoms with E-state index in [4.69, 9.17) is 43.9 Å². The SMILES string of the molecule is CO[C@@H](c1ccc(O)cc1)[C@@H]1NC(=O)[C@H](CCC(N)=O)N(C)C(=O)[C@H](CC(C)C)NC(=O)[C@@H](CCCN=C(N)N)NC(=O)[C@H]([C@H](C)O)NC(=O)[C@@H](NC(=O)[C@@H](NC(=O)[C@H](O)[C@H](O)[C@H](CCCN=C(N)N)NC(=O)[C@H](C)NC(=O)[C@H](C)[C@H](O)[C@@H](C)CC(C)C)[C@@H](C)[C@@H](C)C(N)=O)[C@@H](C)OC(=O)[C@H](C)N(C)C1=O. The number of nitrogens with two attached hydrogens (primary N) is 6. The average Bonchev–Trinajstić information content (AvgIpc) is 0.811. The number of benzene rings is 1. The summed E-state index contributed by atoms with van der Waals surface area (Å²) < 4.78 is 11.7. The molecule has 0 aromatic heterocycles. The van der Waals surface area contributed by atoms with Gasteiger partial charge in [0.25, 0.3) is 5.91 Å². The smallest absolute Gasteiger partial charge is 0.328 e. The zero-order chi connectivity index (χ0) is 81.1. The fourth-order valence-corrected chi connectivity index (χ4v) is 11.7. The molecule has 106 heavy (non-hydrogen) atoms. The van der Waals surface area contributed by atoms with Gasteiger partial charge in [-0.15, -0.1) is 0 Å². The normalized spacial score (nSPS) is 23.2. The van der Waals surface area contributed by atoms with E-state index >= 15 is 14.4 Å². The molecular weight excluding hydrogens is 1390 g/mol. The van der Waals surface area contributed by atoms with Crippen LogP contribution in [0.1, 0.15) is 146 Å². The maximum atomic E-state index is 15.1. The summed E-state index contributed by atoms with van der Waals surface area (Å²) in [6.45, 7) is 17.4. The van der Waals surface area contributed by atoms with Gasteiger partial charge in [0.15, 0.2) is 18.0 Å². The molecule has 1 heterocycles. The maximum Gasteiger partial charge on any atom is 0.328 e. The summed E-state index contributed by atoms with van der Waals surface area (Å²) in [6.07, 6.45) is -12.4. The Kier molecular flexibility index (Phi) is 38.2. The first-order valence-corrected chi connectivity index (χ1v) is 35.2. The highest BCUT2D eigenvalue weighted by Gasteiger charge is 2.45. The molecule has 1 aliphatic heterocycles. The Labute approximate surface area is 617 Å². The number of primary amides is 2. The van der Waals surface area contributed by atoms with E-state index in [1.165, 1.54) is 66.1 Å². The van der Waals surface area contributed by atoms with E-state index in [1.807, 2.05) is 13.8 Å². The lowest BCUT2D eigenvalue weighted by atomic mass is 9.87. The molecule has 2 rings (SSSR count). The van der Waals surface area contributed by atoms with Crippen LogP contribution < -0.4 is 76.9 Å². The number of ether oxygens (including phenoxy) is 2. The number of methoxy groups -OCH3 is 1. The number of aliphatic hydroxyl groups excluding tert-OH is 4. The highest BCUT2D eigenvalue weighted by Crippen LogP contribution is 2.27. The van der Waals surface area contributed by atoms with Crippen LogP contribution in [0.15, 0.2) is 34.3 Å². The number of aliphatic imine (C=N–C) groups is 2. The number of hydrogen-bond acceptors (Lipinski definition) is 22. The van der Waals surface area contributed by atoms with E-state index in [2.05, 4.69) is 52.5 Å². The Morgan fingerprint density at radius 1 is 0.623 bits per heavy atom. The van der Waals surface area contributed by atoms with Crippen molar-refractivity contribution in [1.29, 1.82) is 0 Å². The number of likely N-dealkylation sites (N-methyl/N-ethyl adjacent to an activating group) is 2. The molecular formula is C68H116N18O20. The van der Waals surface area contributed by atoms with Crippen molar-refractivity contribution in [2.24, 2.45) is 79.9 Å². The number of rotatable bonds is 34. The molecule has 0 saturated carbocycles. The first-order chi connectivity index (χ1) is 49.3. The molecule has 1 saturated heterocycles. The van der Waals surface area contributed by atoms with Crippen molar-refractivity contribution >= 4 is 88.8 Å². The minimum absolute atomic E-state index is 0.00975. The van der Waals surface area contributed by atoms with Gasteiger partial charge < -0.3 is 122 Å². The molecule has 0 radical (unpaired) electrons. The summed E-state index contributed by atoms with van der Waals surface area (Å²) in [5, 5.41) is 75.7. The van der Waals surface area contributed by atoms with Crippen LogP contribution in [0.25, 0.3) is 0 Å². The molecule has 38 nitrogen and oxygen atoms in total. The fourth-order valence-electron chi connectivity index (χ4n) is 11.7. The number of cyclic esters (lactones) is 1. The number of phenolic OH excluding ortho intramolecular Hbond substituents is 1. The van der Waals surface area contributed by atoms with Crippen LogP contribution in [-0.2, 0) is 71.8 Å². The Bertz CT molecular complexity index is 3230. The standard InChI is InChI=1S/C68H116N18O20/c1-30(2)28-32(5)51(90)35(8)56(94)77-36(9)57(95)78-42(18-16-26-75-67(71)72)52(91)53(92)63(101)81-47(33(6)34(7)55(70)93)60(98)83-49-39(12)106-66(104)37(10)85(13)65(103)50(54(105-15)40-20-22-41(88)23-21-40)84-59(97)45(24-25-46(69)89)86(14)64(102)44(29-31(3)4)80-58(96)43(19-17-27-76-68(73)74)79-61(99)48(38(11)87)82-62(49)100/h20-23,30-39,42-45,47-54,87-88,90-92H,16-19,24-29H2,1-15H3,(H2,69,89)(H2,70,93)(H,77,94)(H,78,95)(H,79,99)(H,80,96)(H,81,101)(H,82,100)(H,83,98)(H,84,97)(H4,71,72,75)(H4,73,74,76)/t32-,33-,34+,35+,36-,37-,38-,39+,42-,43+,44-,45-,47-,48-,49-,50-,51+,52+,53+,54-/m0/s1. The molecule has 1 aliphatic rings. The number of hydrogen-bond donors (Lipinski definition) is 19. The number of guanidine groups is 2. The van der Waals surface area contributed by atoms with Crippen molar-refractivity contribution in [1.82, 2.24) is 52.3 Å². The summed E-state index contributed by atoms with van der Waals surface area (Å²) in [7, 11) is 3.47. The zero-order valence-corrected chi connectivity index (χ0v) is 63.2. The van der Waals surface area contributed by atoms with Crippen LogP contribution in [0.2, 0.25) is 0 Å². The third kappa shape index (κ3) is 28.7. The predicted octanol–water partition coefficient (Wildman–Crippen LogP) is -5.44. The number of esters is 1. The van der Waals surface area contributed by atoms with Gasteiger partial charge in [-0.3, -0.25) is 67.5 Å². The highest BCUT2D eigenvalue weighted by atomic mass is 16.5. The number of nitrogens with one attached hydrogen (secondary N) is 8. The lowest BCUT2D eigenvalue weighted by Gasteiger charge is -2.36. The van der Waals surface area contributed by atoms with Crippen LogP contribution in [0.4, 0.5) is 0 Å². The van der Waals surface area contributed by atoms with Gasteiger partial charge in [-0.25, -0.2) is 4.79 Å². The summed E-state index contributed by atoms with van der Waals surface area (Å²) >= 11 is 0. The molecule has 38 heteroatoms. The van der Waals surface area contributed by atoms with Crippen molar-refractivity contribution in [3.63, 3.8) is 0 Å². The largest absolute Gasteiger partial charge is 0.508 e. The second-order valence-electron chi connectivity index (χ2n) is 28.0. The number of phenols is 1. The Hall–Kier alpha value is -9.53. The second-order valence-corrected chi connectivity index (χ2v) is 28.0. The van der Waals surface area contributed by atoms with Crippen LogP contribution >= 0.6 is 0 Å². The van der Waals surface area contributed by atoms with Crippen LogP contribution in [0, 0.1) is 35.5 Å². The first-order valence-electron chi connectivity index (χ1n) is 35.2. The van der Waals surface area contributed by atoms with Crippen molar-refractivity contribution in [2.45, 2.75) is 231 Å². The molecule has 20 atom stereocenters. The molecule has 25 N–H and O–H groups in total. The quantitative estimate of drug-likeness (QED) is 0.0132. The Morgan fingerprint density at radius 2 is 1.19 bits per heavy atom. The molecule has 12 amide bonds. The lowest BCUT2D eigenvalue weighted by molar-refractivity contribution is -0.162. The Morgan fingerprint density at radius 3 is 1.72 bits per heavy atom. The second kappa shape index (κ2) is 43.8. The minimum Gasteiger partial charge on any atom is -0.508 e. The average molecular weight is 1510 g/mol. The van der Waals surface area contributed by atoms with Crippen molar-refractivity contribution in [3.8, 4) is 5.75 Å². The number of aromatic hydroxyl groups is 1. The van der Waals surface area contributed by atoms with Crippen molar-refractivity contribution in [3.05, 3.63) is 29.8 Å². The molecule has 0 spiro atoms. The van der Waals surface area contributed by atoms with Gasteiger partial charge in [0.2, 0.25) is 65.0 Å². The summed E-state index contributed by atoms with van der Waals surface area (Å²) in [5.74, 6) is -19.8. The van der Waals surface area contributed by atoms with Gasteiger partial charge in [0.05, 0.1) is 24.2 Å². The first kappa shape index (κ1) is 92.6. The van der Waals surface area contributed by atoms with E-state index in [0.29, 0.717) is 6.42 Å². The molecule has 0 bridgehead atoms. The van der Waals surface area contributed by atoms with Gasteiger partial charge in [-0.05, 0) is 114 Å². The number of amides is 12. The molecule has 1 aromatic carbocycles. The van der Waals surface area contributed by atoms with E-state index in [-0.39, 0.29) is 86.2 Å². The minimum atomic E-state index is -2.58. The third-order valence-corrected chi connectivity index (χ3v) is 18.5. The lowest BCUT2D eigenvalue weighted by Crippen LogP contribution is -2.65. The molecule has 1 fully saturated rings. The van der Waals surface area contributed by atoms with Gasteiger partial charge >= 0.3 is 5.97 Å². The summed E-state index contributed by atoms with van der Waals surface area (Å²) in [5.41, 5.74) is 33.6. The van der Waals surface area contributed by atoms with Crippen LogP contribution in [0.3, 0.4) is 0 Å². The number of aliphatic hydroxyl groups is 4. The third-order valence-electron chi connectivity index (χ3n) is 18.5. The topological polar surface area (TPSA) is 625 Å². The number of nitrogens with zero attached hydrogens (tertiary/aromatic N) is 4. The highest BCUT2D eigenvalue weighted by molar-refractivity contribution is 5.99. The van der Waals surface area contributed by atoms with Crippen LogP contribution in [-0.4, -0.2) is 249 Å². The van der Waals surface area contributed by atoms with E-state index in [9.17, 15) is 73.5 Å². The molecule has 0 unspecified atom stereocenters. The molecule has 0 aliphatic carbocycles. The monoisotopic (exact) mass is 1500 g/mol. The molecule has 1 aromatic rings. The van der Waals surface area contributed by atoms with Crippen molar-refractivity contribution in [2.75, 3.05) is 34.3 Å². The number of carbonyl (C=O) groups is 13. The van der Waals surface area contributed by atoms with Gasteiger partial charge in [-0.2, -0.15) is 0 Å².